The van der Waals surface area contributed by atoms with E-state index >= 15 is 0 Å². The molecule has 0 fully saturated rings. The van der Waals surface area contributed by atoms with Gasteiger partial charge in [0.25, 0.3) is 0 Å². The number of rotatable bonds is 3. The van der Waals surface area contributed by atoms with E-state index in [0.29, 0.717) is 21.5 Å². The molecule has 0 atom stereocenters. The summed E-state index contributed by atoms with van der Waals surface area (Å²) in [7, 11) is 0. The molecule has 0 aliphatic carbocycles. The molecule has 0 bridgehead atoms. The van der Waals surface area contributed by atoms with E-state index in [4.69, 9.17) is 14.6 Å². The number of phenolic OH excluding ortho intramolecular Hbond substituents is 1. The fourth-order valence-electron chi connectivity index (χ4n) is 1.75. The van der Waals surface area contributed by atoms with Crippen LogP contribution in [0.25, 0.3) is 0 Å². The van der Waals surface area contributed by atoms with Gasteiger partial charge in [0.1, 0.15) is 5.75 Å². The van der Waals surface area contributed by atoms with Crippen molar-refractivity contribution in [2.24, 2.45) is 5.41 Å². The number of halogens is 1. The van der Waals surface area contributed by atoms with Crippen LogP contribution >= 0.6 is 15.9 Å². The summed E-state index contributed by atoms with van der Waals surface area (Å²) in [4.78, 5) is 11.2. The number of phenols is 1. The number of carboxylic acid groups (broad SMARTS) is 1. The zero-order valence-corrected chi connectivity index (χ0v) is 11.6. The minimum absolute atomic E-state index is 0.00595. The monoisotopic (exact) mass is 316 g/mol. The summed E-state index contributed by atoms with van der Waals surface area (Å²) in [5, 5.41) is 19.2. The summed E-state index contributed by atoms with van der Waals surface area (Å²) in [6.45, 7) is 3.27. The first-order chi connectivity index (χ1) is 8.33. The minimum Gasteiger partial charge on any atom is -0.506 e. The van der Waals surface area contributed by atoms with Gasteiger partial charge < -0.3 is 19.7 Å². The quantitative estimate of drug-likeness (QED) is 0.896. The van der Waals surface area contributed by atoms with E-state index in [2.05, 4.69) is 15.9 Å². The molecule has 1 aromatic rings. The third kappa shape index (κ3) is 2.12. The van der Waals surface area contributed by atoms with E-state index in [-0.39, 0.29) is 19.0 Å². The summed E-state index contributed by atoms with van der Waals surface area (Å²) in [6.07, 6.45) is 0.152. The molecule has 5 nitrogen and oxygen atoms in total. The number of hydrogen-bond acceptors (Lipinski definition) is 4. The van der Waals surface area contributed by atoms with E-state index in [1.807, 2.05) is 0 Å². The van der Waals surface area contributed by atoms with Crippen molar-refractivity contribution >= 4 is 21.9 Å². The smallest absolute Gasteiger partial charge is 0.309 e. The number of hydrogen-bond donors (Lipinski definition) is 2. The van der Waals surface area contributed by atoms with Crippen LogP contribution < -0.4 is 9.47 Å². The molecule has 0 aromatic heterocycles. The zero-order chi connectivity index (χ0) is 13.5. The number of benzene rings is 1. The van der Waals surface area contributed by atoms with Gasteiger partial charge in [0.15, 0.2) is 11.5 Å². The second-order valence-corrected chi connectivity index (χ2v) is 5.64. The first-order valence-electron chi connectivity index (χ1n) is 5.36. The van der Waals surface area contributed by atoms with Crippen LogP contribution in [0.1, 0.15) is 19.4 Å². The molecule has 2 N–H and O–H groups in total. The minimum atomic E-state index is -1.00. The van der Waals surface area contributed by atoms with Gasteiger partial charge in [-0.15, -0.1) is 0 Å². The molecule has 0 saturated carbocycles. The Morgan fingerprint density at radius 3 is 2.78 bits per heavy atom. The predicted molar refractivity (Wildman–Crippen MR) is 67.1 cm³/mol. The summed E-state index contributed by atoms with van der Waals surface area (Å²) >= 11 is 3.21. The lowest BCUT2D eigenvalue weighted by molar-refractivity contribution is -0.146. The van der Waals surface area contributed by atoms with Crippen LogP contribution in [0.4, 0.5) is 0 Å². The molecular weight excluding hydrogens is 304 g/mol. The normalized spacial score (nSPS) is 13.7. The van der Waals surface area contributed by atoms with Crippen molar-refractivity contribution in [2.45, 2.75) is 20.3 Å². The molecule has 0 saturated heterocycles. The molecular formula is C12H13BrO5. The molecule has 1 heterocycles. The van der Waals surface area contributed by atoms with Gasteiger partial charge in [-0.2, -0.15) is 0 Å². The molecule has 2 rings (SSSR count). The highest BCUT2D eigenvalue weighted by Crippen LogP contribution is 2.46. The van der Waals surface area contributed by atoms with Crippen LogP contribution in [-0.2, 0) is 11.2 Å². The lowest BCUT2D eigenvalue weighted by Crippen LogP contribution is -2.26. The topological polar surface area (TPSA) is 76.0 Å². The van der Waals surface area contributed by atoms with Crippen molar-refractivity contribution in [3.05, 3.63) is 16.1 Å². The van der Waals surface area contributed by atoms with Crippen molar-refractivity contribution in [2.75, 3.05) is 6.79 Å². The summed E-state index contributed by atoms with van der Waals surface area (Å²) in [6, 6.07) is 1.61. The number of aromatic hydroxyl groups is 1. The number of ether oxygens (including phenoxy) is 2. The van der Waals surface area contributed by atoms with Crippen LogP contribution in [0.3, 0.4) is 0 Å². The van der Waals surface area contributed by atoms with E-state index in [0.717, 1.165) is 0 Å². The Bertz CT molecular complexity index is 510. The highest BCUT2D eigenvalue weighted by molar-refractivity contribution is 9.10. The highest BCUT2D eigenvalue weighted by Gasteiger charge is 2.33. The van der Waals surface area contributed by atoms with Crippen molar-refractivity contribution < 1.29 is 24.5 Å². The van der Waals surface area contributed by atoms with E-state index < -0.39 is 11.4 Å². The molecule has 1 aliphatic rings. The van der Waals surface area contributed by atoms with Crippen molar-refractivity contribution in [1.82, 2.24) is 0 Å². The van der Waals surface area contributed by atoms with Crippen molar-refractivity contribution in [3.63, 3.8) is 0 Å². The average Bonchev–Trinajstić information content (AvgIpc) is 2.72. The lowest BCUT2D eigenvalue weighted by Gasteiger charge is -2.21. The fourth-order valence-corrected chi connectivity index (χ4v) is 2.20. The highest BCUT2D eigenvalue weighted by atomic mass is 79.9. The van der Waals surface area contributed by atoms with Gasteiger partial charge in [0.2, 0.25) is 6.79 Å². The molecule has 0 unspecified atom stereocenters. The van der Waals surface area contributed by atoms with Crippen molar-refractivity contribution in [3.8, 4) is 17.2 Å². The lowest BCUT2D eigenvalue weighted by atomic mass is 9.85. The van der Waals surface area contributed by atoms with Gasteiger partial charge in [-0.3, -0.25) is 4.79 Å². The van der Waals surface area contributed by atoms with Gasteiger partial charge >= 0.3 is 5.97 Å². The first-order valence-corrected chi connectivity index (χ1v) is 6.15. The molecule has 1 aliphatic heterocycles. The first kappa shape index (κ1) is 13.0. The maximum atomic E-state index is 11.2. The largest absolute Gasteiger partial charge is 0.506 e. The Balaban J connectivity index is 2.48. The number of fused-ring (bicyclic) bond motifs is 1. The number of aliphatic carboxylic acids is 1. The summed E-state index contributed by atoms with van der Waals surface area (Å²) in [5.74, 6) is -0.0102. The Morgan fingerprint density at radius 1 is 1.50 bits per heavy atom. The number of carbonyl (C=O) groups is 1. The second kappa shape index (κ2) is 4.35. The Hall–Kier alpha value is -1.43. The van der Waals surface area contributed by atoms with Gasteiger partial charge in [0.05, 0.1) is 9.89 Å². The zero-order valence-electron chi connectivity index (χ0n) is 9.99. The van der Waals surface area contributed by atoms with Gasteiger partial charge in [-0.05, 0) is 36.2 Å². The molecule has 98 valence electrons. The second-order valence-electron chi connectivity index (χ2n) is 4.79. The maximum Gasteiger partial charge on any atom is 0.309 e. The van der Waals surface area contributed by atoms with Crippen LogP contribution in [0.15, 0.2) is 10.5 Å². The third-order valence-electron chi connectivity index (χ3n) is 2.88. The molecule has 0 spiro atoms. The molecule has 0 radical (unpaired) electrons. The fraction of sp³-hybridized carbons (Fsp3) is 0.417. The summed E-state index contributed by atoms with van der Waals surface area (Å²) < 4.78 is 11.0. The van der Waals surface area contributed by atoms with Gasteiger partial charge in [0, 0.05) is 11.6 Å². The Kier molecular flexibility index (Phi) is 3.14. The van der Waals surface area contributed by atoms with Crippen LogP contribution in [0.5, 0.6) is 17.2 Å². The summed E-state index contributed by atoms with van der Waals surface area (Å²) in [5.41, 5.74) is -0.554. The van der Waals surface area contributed by atoms with Crippen molar-refractivity contribution in [1.29, 1.82) is 0 Å². The van der Waals surface area contributed by atoms with E-state index in [1.54, 1.807) is 19.9 Å². The molecule has 6 heteroatoms. The molecule has 0 amide bonds. The SMILES string of the molecule is CC(C)(Cc1c(O)c(Br)cc2c1OCO2)C(=O)O. The third-order valence-corrected chi connectivity index (χ3v) is 3.49. The Labute approximate surface area is 112 Å². The maximum absolute atomic E-state index is 11.2. The van der Waals surface area contributed by atoms with E-state index in [9.17, 15) is 9.90 Å². The Morgan fingerprint density at radius 2 is 2.17 bits per heavy atom. The predicted octanol–water partition coefficient (Wildman–Crippen LogP) is 2.54. The van der Waals surface area contributed by atoms with Crippen LogP contribution in [0.2, 0.25) is 0 Å². The van der Waals surface area contributed by atoms with Crippen LogP contribution in [0, 0.1) is 5.41 Å². The van der Waals surface area contributed by atoms with Crippen LogP contribution in [-0.4, -0.2) is 23.0 Å². The average molecular weight is 317 g/mol. The van der Waals surface area contributed by atoms with Gasteiger partial charge in [-0.1, -0.05) is 0 Å². The standard InChI is InChI=1S/C12H13BrO5/c1-12(2,11(15)16)4-6-9(14)7(13)3-8-10(6)18-5-17-8/h3,14H,4-5H2,1-2H3,(H,15,16). The molecule has 18 heavy (non-hydrogen) atoms. The van der Waals surface area contributed by atoms with E-state index in [1.165, 1.54) is 0 Å². The number of carboxylic acids is 1. The molecule has 1 aromatic carbocycles. The van der Waals surface area contributed by atoms with Gasteiger partial charge in [-0.25, -0.2) is 0 Å².